The van der Waals surface area contributed by atoms with Crippen molar-refractivity contribution in [3.63, 3.8) is 0 Å². The van der Waals surface area contributed by atoms with E-state index in [9.17, 15) is 4.79 Å². The summed E-state index contributed by atoms with van der Waals surface area (Å²) in [6.07, 6.45) is 4.39. The monoisotopic (exact) mass is 319 g/mol. The van der Waals surface area contributed by atoms with Gasteiger partial charge in [0.25, 0.3) is 0 Å². The van der Waals surface area contributed by atoms with E-state index in [1.807, 2.05) is 68.6 Å². The molecule has 0 saturated carbocycles. The highest BCUT2D eigenvalue weighted by Crippen LogP contribution is 2.24. The van der Waals surface area contributed by atoms with Crippen molar-refractivity contribution in [2.45, 2.75) is 26.2 Å². The van der Waals surface area contributed by atoms with E-state index in [2.05, 4.69) is 15.5 Å². The van der Waals surface area contributed by atoms with Crippen LogP contribution in [0.4, 0.5) is 5.69 Å². The molecule has 0 bridgehead atoms. The summed E-state index contributed by atoms with van der Waals surface area (Å²) in [6.45, 7) is 4.08. The van der Waals surface area contributed by atoms with E-state index in [4.69, 9.17) is 0 Å². The summed E-state index contributed by atoms with van der Waals surface area (Å²) in [7, 11) is 0. The Hall–Kier alpha value is -2.88. The number of carbonyl (C=O) groups excluding carboxylic acids is 1. The molecule has 3 rings (SSSR count). The van der Waals surface area contributed by atoms with E-state index in [1.54, 1.807) is 6.20 Å². The molecule has 0 aliphatic rings. The van der Waals surface area contributed by atoms with E-state index in [1.165, 1.54) is 5.56 Å². The smallest absolute Gasteiger partial charge is 0.231 e. The fraction of sp³-hybridized carbons (Fsp3) is 0.200. The Morgan fingerprint density at radius 1 is 1.08 bits per heavy atom. The molecule has 3 aromatic rings. The van der Waals surface area contributed by atoms with Crippen LogP contribution in [0.25, 0.3) is 11.1 Å². The average molecular weight is 319 g/mol. The second-order valence-electron chi connectivity index (χ2n) is 5.93. The summed E-state index contributed by atoms with van der Waals surface area (Å²) in [5.41, 5.74) is 5.14. The van der Waals surface area contributed by atoms with Crippen LogP contribution in [0.5, 0.6) is 0 Å². The van der Waals surface area contributed by atoms with Crippen molar-refractivity contribution in [2.75, 3.05) is 5.32 Å². The van der Waals surface area contributed by atoms with Crippen LogP contribution in [0.1, 0.15) is 30.4 Å². The van der Waals surface area contributed by atoms with Crippen LogP contribution < -0.4 is 5.32 Å². The van der Waals surface area contributed by atoms with Crippen molar-refractivity contribution < 1.29 is 4.79 Å². The Labute approximate surface area is 141 Å². The molecular weight excluding hydrogens is 298 g/mol. The minimum Gasteiger partial charge on any atom is -0.326 e. The minimum absolute atomic E-state index is 0.0254. The van der Waals surface area contributed by atoms with Gasteiger partial charge in [0.2, 0.25) is 5.91 Å². The van der Waals surface area contributed by atoms with E-state index in [-0.39, 0.29) is 11.8 Å². The molecule has 0 radical (unpaired) electrons. The number of carbonyl (C=O) groups is 1. The summed E-state index contributed by atoms with van der Waals surface area (Å²) in [6, 6.07) is 16.0. The van der Waals surface area contributed by atoms with Gasteiger partial charge in [-0.3, -0.25) is 9.89 Å². The first-order chi connectivity index (χ1) is 11.7. The number of hydrogen-bond acceptors (Lipinski definition) is 2. The predicted molar refractivity (Wildman–Crippen MR) is 96.9 cm³/mol. The first-order valence-corrected chi connectivity index (χ1v) is 8.14. The molecule has 24 heavy (non-hydrogen) atoms. The Bertz CT molecular complexity index is 790. The van der Waals surface area contributed by atoms with Crippen molar-refractivity contribution in [3.8, 4) is 11.1 Å². The van der Waals surface area contributed by atoms with E-state index in [0.717, 1.165) is 28.8 Å². The third kappa shape index (κ3) is 3.54. The highest BCUT2D eigenvalue weighted by molar-refractivity contribution is 5.96. The summed E-state index contributed by atoms with van der Waals surface area (Å²) in [4.78, 5) is 12.6. The molecule has 4 nitrogen and oxygen atoms in total. The number of aryl methyl sites for hydroxylation is 1. The molecule has 2 aromatic carbocycles. The van der Waals surface area contributed by atoms with Gasteiger partial charge in [-0.1, -0.05) is 48.9 Å². The zero-order valence-corrected chi connectivity index (χ0v) is 13.9. The van der Waals surface area contributed by atoms with E-state index >= 15 is 0 Å². The summed E-state index contributed by atoms with van der Waals surface area (Å²) in [5.74, 6) is -0.114. The second kappa shape index (κ2) is 7.13. The van der Waals surface area contributed by atoms with Gasteiger partial charge in [-0.05, 0) is 36.6 Å². The average Bonchev–Trinajstić information content (AvgIpc) is 3.12. The number of aromatic nitrogens is 2. The molecule has 4 heteroatoms. The maximum absolute atomic E-state index is 12.6. The molecule has 1 unspecified atom stereocenters. The summed E-state index contributed by atoms with van der Waals surface area (Å²) >= 11 is 0. The van der Waals surface area contributed by atoms with Crippen molar-refractivity contribution in [1.29, 1.82) is 0 Å². The first kappa shape index (κ1) is 16.0. The Balaban J connectivity index is 1.72. The standard InChI is InChI=1S/C20H21N3O/c1-3-19(16-6-4-14(2)5-7-16)20(24)23-18-10-8-15(9-11-18)17-12-21-22-13-17/h4-13,19H,3H2,1-2H3,(H,21,22)(H,23,24). The maximum Gasteiger partial charge on any atom is 0.231 e. The molecule has 1 atom stereocenters. The van der Waals surface area contributed by atoms with Crippen LogP contribution >= 0.6 is 0 Å². The number of nitrogens with one attached hydrogen (secondary N) is 2. The maximum atomic E-state index is 12.6. The summed E-state index contributed by atoms with van der Waals surface area (Å²) in [5, 5.41) is 9.76. The minimum atomic E-state index is -0.140. The lowest BCUT2D eigenvalue weighted by atomic mass is 9.94. The molecular formula is C20H21N3O. The number of aromatic amines is 1. The third-order valence-corrected chi connectivity index (χ3v) is 4.19. The predicted octanol–water partition coefficient (Wildman–Crippen LogP) is 4.52. The zero-order chi connectivity index (χ0) is 16.9. The quantitative estimate of drug-likeness (QED) is 0.726. The number of anilines is 1. The molecule has 0 spiro atoms. The molecule has 0 aliphatic carbocycles. The number of H-pyrrole nitrogens is 1. The van der Waals surface area contributed by atoms with Crippen molar-refractivity contribution in [1.82, 2.24) is 10.2 Å². The van der Waals surface area contributed by atoms with Gasteiger partial charge in [-0.2, -0.15) is 5.10 Å². The fourth-order valence-corrected chi connectivity index (χ4v) is 2.76. The molecule has 1 aromatic heterocycles. The number of benzene rings is 2. The van der Waals surface area contributed by atoms with Gasteiger partial charge in [0.15, 0.2) is 0 Å². The van der Waals surface area contributed by atoms with Gasteiger partial charge in [-0.25, -0.2) is 0 Å². The van der Waals surface area contributed by atoms with Gasteiger partial charge in [0, 0.05) is 17.4 Å². The van der Waals surface area contributed by atoms with Gasteiger partial charge in [0.05, 0.1) is 12.1 Å². The SMILES string of the molecule is CCC(C(=O)Nc1ccc(-c2cn[nH]c2)cc1)c1ccc(C)cc1. The highest BCUT2D eigenvalue weighted by Gasteiger charge is 2.18. The van der Waals surface area contributed by atoms with Crippen LogP contribution in [-0.2, 0) is 4.79 Å². The molecule has 0 saturated heterocycles. The molecule has 0 fully saturated rings. The Morgan fingerprint density at radius 2 is 1.79 bits per heavy atom. The van der Waals surface area contributed by atoms with Crippen LogP contribution in [-0.4, -0.2) is 16.1 Å². The van der Waals surface area contributed by atoms with Crippen LogP contribution in [0.3, 0.4) is 0 Å². The lowest BCUT2D eigenvalue weighted by Crippen LogP contribution is -2.20. The fourth-order valence-electron chi connectivity index (χ4n) is 2.76. The second-order valence-corrected chi connectivity index (χ2v) is 5.93. The number of amides is 1. The van der Waals surface area contributed by atoms with Gasteiger partial charge >= 0.3 is 0 Å². The number of nitrogens with zero attached hydrogens (tertiary/aromatic N) is 1. The summed E-state index contributed by atoms with van der Waals surface area (Å²) < 4.78 is 0. The number of rotatable bonds is 5. The van der Waals surface area contributed by atoms with Crippen molar-refractivity contribution in [2.24, 2.45) is 0 Å². The molecule has 0 aliphatic heterocycles. The molecule has 2 N–H and O–H groups in total. The largest absolute Gasteiger partial charge is 0.326 e. The molecule has 1 heterocycles. The number of hydrogen-bond donors (Lipinski definition) is 2. The van der Waals surface area contributed by atoms with Crippen LogP contribution in [0.15, 0.2) is 60.9 Å². The van der Waals surface area contributed by atoms with Crippen LogP contribution in [0, 0.1) is 6.92 Å². The van der Waals surface area contributed by atoms with Crippen molar-refractivity contribution in [3.05, 3.63) is 72.1 Å². The van der Waals surface area contributed by atoms with Gasteiger partial charge < -0.3 is 5.32 Å². The van der Waals surface area contributed by atoms with E-state index in [0.29, 0.717) is 0 Å². The molecule has 1 amide bonds. The van der Waals surface area contributed by atoms with E-state index < -0.39 is 0 Å². The van der Waals surface area contributed by atoms with Gasteiger partial charge in [-0.15, -0.1) is 0 Å². The van der Waals surface area contributed by atoms with Gasteiger partial charge in [0.1, 0.15) is 0 Å². The normalized spacial score (nSPS) is 11.9. The van der Waals surface area contributed by atoms with Crippen LogP contribution in [0.2, 0.25) is 0 Å². The lowest BCUT2D eigenvalue weighted by Gasteiger charge is -2.16. The Morgan fingerprint density at radius 3 is 2.38 bits per heavy atom. The van der Waals surface area contributed by atoms with Crippen molar-refractivity contribution >= 4 is 11.6 Å². The molecule has 122 valence electrons. The topological polar surface area (TPSA) is 57.8 Å². The third-order valence-electron chi connectivity index (χ3n) is 4.19. The highest BCUT2D eigenvalue weighted by atomic mass is 16.1. The zero-order valence-electron chi connectivity index (χ0n) is 13.9. The lowest BCUT2D eigenvalue weighted by molar-refractivity contribution is -0.117. The Kier molecular flexibility index (Phi) is 4.75. The first-order valence-electron chi connectivity index (χ1n) is 8.14.